The molecule has 1 saturated heterocycles. The van der Waals surface area contributed by atoms with Gasteiger partial charge < -0.3 is 5.32 Å². The Morgan fingerprint density at radius 1 is 1.05 bits per heavy atom. The Hall–Kier alpha value is -4.07. The molecule has 1 N–H and O–H groups in total. The molecule has 1 amide bonds. The molecule has 6 rings (SSSR count). The number of hydrogen-bond donors (Lipinski definition) is 1. The highest BCUT2D eigenvalue weighted by Crippen LogP contribution is 2.30. The maximum absolute atomic E-state index is 14.6. The quantitative estimate of drug-likeness (QED) is 0.287. The van der Waals surface area contributed by atoms with Crippen LogP contribution >= 0.6 is 23.2 Å². The molecule has 0 aliphatic carbocycles. The summed E-state index contributed by atoms with van der Waals surface area (Å²) in [7, 11) is 1.83. The van der Waals surface area contributed by atoms with Crippen molar-refractivity contribution in [2.24, 2.45) is 7.05 Å². The van der Waals surface area contributed by atoms with Gasteiger partial charge in [-0.2, -0.15) is 5.10 Å². The monoisotopic (exact) mass is 596 g/mol. The van der Waals surface area contributed by atoms with Crippen molar-refractivity contribution >= 4 is 51.4 Å². The Bertz CT molecular complexity index is 1720. The fourth-order valence-corrected chi connectivity index (χ4v) is 4.84. The molecule has 1 aliphatic heterocycles. The van der Waals surface area contributed by atoms with E-state index in [1.165, 1.54) is 20.9 Å². The van der Waals surface area contributed by atoms with Gasteiger partial charge in [0.15, 0.2) is 18.6 Å². The standard InChI is InChI=1S/C27H23Cl2FN8O3/c1-35-13-18-10-20(7-8-22(18)33-35)31-27(39)25(11-17-4-2-3-5-21(17)30)38-16-40-37(15-41-38)24-12-19(28)6-9-23(24)36-14-26(29)32-34-36/h2-10,12-14,25H,11,15-16H2,1H3,(H,31,39). The third-order valence-corrected chi connectivity index (χ3v) is 6.92. The number of anilines is 2. The second-order valence-corrected chi connectivity index (χ2v) is 10.1. The lowest BCUT2D eigenvalue weighted by atomic mass is 10.0. The Morgan fingerprint density at radius 3 is 2.66 bits per heavy atom. The molecule has 3 aromatic carbocycles. The number of aromatic nitrogens is 5. The minimum atomic E-state index is -0.924. The first kappa shape index (κ1) is 27.1. The Kier molecular flexibility index (Phi) is 7.56. The number of carbonyl (C=O) groups excluding carboxylic acids is 1. The van der Waals surface area contributed by atoms with E-state index in [1.54, 1.807) is 53.3 Å². The van der Waals surface area contributed by atoms with Gasteiger partial charge in [-0.15, -0.1) is 10.2 Å². The third kappa shape index (κ3) is 5.87. The van der Waals surface area contributed by atoms with E-state index in [2.05, 4.69) is 20.7 Å². The van der Waals surface area contributed by atoms with E-state index in [-0.39, 0.29) is 25.0 Å². The number of benzene rings is 3. The summed E-state index contributed by atoms with van der Waals surface area (Å²) in [4.78, 5) is 25.6. The van der Waals surface area contributed by atoms with Crippen molar-refractivity contribution in [2.75, 3.05) is 23.8 Å². The fourth-order valence-electron chi connectivity index (χ4n) is 4.55. The van der Waals surface area contributed by atoms with Crippen molar-refractivity contribution in [1.82, 2.24) is 29.8 Å². The van der Waals surface area contributed by atoms with Crippen LogP contribution in [-0.2, 0) is 27.9 Å². The van der Waals surface area contributed by atoms with Crippen LogP contribution in [0.3, 0.4) is 0 Å². The van der Waals surface area contributed by atoms with E-state index in [0.717, 1.165) is 10.9 Å². The lowest BCUT2D eigenvalue weighted by Crippen LogP contribution is -2.52. The summed E-state index contributed by atoms with van der Waals surface area (Å²) in [5.41, 5.74) is 2.87. The van der Waals surface area contributed by atoms with Gasteiger partial charge in [0, 0.05) is 35.8 Å². The van der Waals surface area contributed by atoms with E-state index in [1.807, 2.05) is 25.4 Å². The Labute approximate surface area is 243 Å². The molecule has 1 unspecified atom stereocenters. The number of amides is 1. The molecule has 1 atom stereocenters. The molecule has 5 aromatic rings. The molecule has 0 radical (unpaired) electrons. The zero-order valence-electron chi connectivity index (χ0n) is 21.6. The van der Waals surface area contributed by atoms with Gasteiger partial charge in [0.25, 0.3) is 0 Å². The number of carbonyl (C=O) groups is 1. The first-order chi connectivity index (χ1) is 19.8. The normalized spacial score (nSPS) is 14.9. The van der Waals surface area contributed by atoms with E-state index in [0.29, 0.717) is 27.6 Å². The molecule has 11 nitrogen and oxygen atoms in total. The van der Waals surface area contributed by atoms with Crippen LogP contribution in [-0.4, -0.2) is 55.2 Å². The molecule has 41 heavy (non-hydrogen) atoms. The van der Waals surface area contributed by atoms with E-state index >= 15 is 0 Å². The van der Waals surface area contributed by atoms with Gasteiger partial charge in [-0.25, -0.2) is 14.1 Å². The van der Waals surface area contributed by atoms with Crippen molar-refractivity contribution in [3.63, 3.8) is 0 Å². The molecule has 1 fully saturated rings. The first-order valence-corrected chi connectivity index (χ1v) is 13.2. The number of nitrogens with zero attached hydrogens (tertiary/aromatic N) is 7. The molecular formula is C27H23Cl2FN8O3. The second kappa shape index (κ2) is 11.4. The van der Waals surface area contributed by atoms with Crippen molar-refractivity contribution in [3.8, 4) is 5.69 Å². The number of hydrogen-bond acceptors (Lipinski definition) is 8. The number of halogens is 3. The van der Waals surface area contributed by atoms with Gasteiger partial charge in [-0.05, 0) is 48.0 Å². The van der Waals surface area contributed by atoms with Crippen LogP contribution in [0, 0.1) is 5.82 Å². The fraction of sp³-hybridized carbons (Fsp3) is 0.185. The Morgan fingerprint density at radius 2 is 1.90 bits per heavy atom. The van der Waals surface area contributed by atoms with E-state index in [9.17, 15) is 9.18 Å². The van der Waals surface area contributed by atoms with E-state index in [4.69, 9.17) is 32.9 Å². The van der Waals surface area contributed by atoms with Gasteiger partial charge >= 0.3 is 0 Å². The van der Waals surface area contributed by atoms with Crippen molar-refractivity contribution in [2.45, 2.75) is 12.5 Å². The van der Waals surface area contributed by atoms with Crippen LogP contribution in [0.2, 0.25) is 10.2 Å². The number of fused-ring (bicyclic) bond motifs is 1. The summed E-state index contributed by atoms with van der Waals surface area (Å²) in [5.74, 6) is -0.814. The summed E-state index contributed by atoms with van der Waals surface area (Å²) in [5, 5.41) is 19.5. The van der Waals surface area contributed by atoms with Gasteiger partial charge in [-0.3, -0.25) is 19.2 Å². The largest absolute Gasteiger partial charge is 0.325 e. The van der Waals surface area contributed by atoms with Gasteiger partial charge in [0.2, 0.25) is 5.91 Å². The van der Waals surface area contributed by atoms with Gasteiger partial charge in [-0.1, -0.05) is 46.6 Å². The number of rotatable bonds is 7. The molecular weight excluding hydrogens is 574 g/mol. The highest BCUT2D eigenvalue weighted by molar-refractivity contribution is 6.31. The van der Waals surface area contributed by atoms with Crippen molar-refractivity contribution < 1.29 is 18.9 Å². The van der Waals surface area contributed by atoms with Gasteiger partial charge in [0.1, 0.15) is 11.9 Å². The van der Waals surface area contributed by atoms with Crippen molar-refractivity contribution in [1.29, 1.82) is 0 Å². The Balaban J connectivity index is 1.23. The topological polar surface area (TPSA) is 103 Å². The minimum Gasteiger partial charge on any atom is -0.325 e. The summed E-state index contributed by atoms with van der Waals surface area (Å²) < 4.78 is 17.8. The number of nitrogens with one attached hydrogen (secondary N) is 1. The predicted octanol–water partition coefficient (Wildman–Crippen LogP) is 4.75. The molecule has 0 bridgehead atoms. The average molecular weight is 597 g/mol. The molecule has 14 heteroatoms. The zero-order chi connectivity index (χ0) is 28.5. The van der Waals surface area contributed by atoms with E-state index < -0.39 is 17.8 Å². The molecule has 3 heterocycles. The maximum atomic E-state index is 14.6. The third-order valence-electron chi connectivity index (χ3n) is 6.51. The smallest absolute Gasteiger partial charge is 0.244 e. The zero-order valence-corrected chi connectivity index (χ0v) is 23.1. The first-order valence-electron chi connectivity index (χ1n) is 12.5. The SMILES string of the molecule is Cn1cc2cc(NC(=O)C(Cc3ccccc3F)N3CON(c4cc(Cl)ccc4-n4cc(Cl)nn4)CO3)ccc2n1. The maximum Gasteiger partial charge on any atom is 0.244 e. The highest BCUT2D eigenvalue weighted by atomic mass is 35.5. The molecule has 2 aromatic heterocycles. The molecule has 0 saturated carbocycles. The van der Waals surface area contributed by atoms with Crippen LogP contribution in [0.25, 0.3) is 16.6 Å². The lowest BCUT2D eigenvalue weighted by molar-refractivity contribution is -0.279. The number of hydroxylamine groups is 3. The lowest BCUT2D eigenvalue weighted by Gasteiger charge is -2.38. The molecule has 210 valence electrons. The van der Waals surface area contributed by atoms with Crippen LogP contribution in [0.15, 0.2) is 73.1 Å². The summed E-state index contributed by atoms with van der Waals surface area (Å²) >= 11 is 12.2. The molecule has 0 spiro atoms. The summed E-state index contributed by atoms with van der Waals surface area (Å²) in [6.45, 7) is -0.239. The summed E-state index contributed by atoms with van der Waals surface area (Å²) in [6, 6.07) is 15.9. The predicted molar refractivity (Wildman–Crippen MR) is 151 cm³/mol. The van der Waals surface area contributed by atoms with Gasteiger partial charge in [0.05, 0.1) is 23.1 Å². The highest BCUT2D eigenvalue weighted by Gasteiger charge is 2.33. The second-order valence-electron chi connectivity index (χ2n) is 9.31. The van der Waals surface area contributed by atoms with Crippen LogP contribution in [0.1, 0.15) is 5.56 Å². The summed E-state index contributed by atoms with van der Waals surface area (Å²) in [6.07, 6.45) is 3.44. The molecule has 1 aliphatic rings. The van der Waals surface area contributed by atoms with Crippen molar-refractivity contribution in [3.05, 3.63) is 94.6 Å². The minimum absolute atomic E-state index is 0.0386. The van der Waals surface area contributed by atoms with Crippen LogP contribution in [0.4, 0.5) is 15.8 Å². The average Bonchev–Trinajstić information content (AvgIpc) is 3.56. The van der Waals surface area contributed by atoms with Crippen LogP contribution in [0.5, 0.6) is 0 Å². The number of aryl methyl sites for hydroxylation is 1. The van der Waals surface area contributed by atoms with Crippen LogP contribution < -0.4 is 10.4 Å².